The predicted octanol–water partition coefficient (Wildman–Crippen LogP) is 2.84. The van der Waals surface area contributed by atoms with Gasteiger partial charge in [-0.05, 0) is 29.8 Å². The lowest BCUT2D eigenvalue weighted by molar-refractivity contribution is -0.141. The molecule has 0 bridgehead atoms. The zero-order valence-electron chi connectivity index (χ0n) is 14.7. The molecule has 27 heavy (non-hydrogen) atoms. The van der Waals surface area contributed by atoms with E-state index in [1.807, 2.05) is 30.3 Å². The third-order valence-corrected chi connectivity index (χ3v) is 3.95. The largest absolute Gasteiger partial charge is 0.497 e. The number of ether oxygens (including phenoxy) is 2. The van der Waals surface area contributed by atoms with Gasteiger partial charge in [-0.2, -0.15) is 0 Å². The number of rotatable bonds is 8. The number of carbonyl (C=O) groups excluding carboxylic acids is 1. The molecule has 0 saturated carbocycles. The number of carbonyl (C=O) groups is 2. The highest BCUT2D eigenvalue weighted by molar-refractivity contribution is 5.98. The number of carboxylic acids is 1. The molecule has 0 fully saturated rings. The summed E-state index contributed by atoms with van der Waals surface area (Å²) in [6.45, 7) is 0.0922. The van der Waals surface area contributed by atoms with Crippen molar-refractivity contribution in [2.24, 2.45) is 0 Å². The molecule has 1 heterocycles. The monoisotopic (exact) mass is 369 g/mol. The smallest absolute Gasteiger partial charge is 0.328 e. The first-order valence-electron chi connectivity index (χ1n) is 8.30. The van der Waals surface area contributed by atoms with Gasteiger partial charge >= 0.3 is 5.97 Å². The number of aliphatic carboxylic acids is 1. The Labute approximate surface area is 155 Å². The lowest BCUT2D eigenvalue weighted by Crippen LogP contribution is -2.43. The highest BCUT2D eigenvalue weighted by atomic mass is 16.5. The fourth-order valence-electron chi connectivity index (χ4n) is 2.53. The molecule has 3 rings (SSSR count). The molecule has 0 aliphatic rings. The van der Waals surface area contributed by atoms with Crippen LogP contribution >= 0.6 is 0 Å². The molecule has 7 nitrogen and oxygen atoms in total. The van der Waals surface area contributed by atoms with E-state index in [1.54, 1.807) is 25.3 Å². The second-order valence-corrected chi connectivity index (χ2v) is 5.88. The van der Waals surface area contributed by atoms with Crippen molar-refractivity contribution in [3.05, 3.63) is 65.9 Å². The molecule has 1 atom stereocenters. The molecule has 2 N–H and O–H groups in total. The Balaban J connectivity index is 1.63. The van der Waals surface area contributed by atoms with E-state index in [9.17, 15) is 14.7 Å². The Morgan fingerprint density at radius 2 is 1.93 bits per heavy atom. The van der Waals surface area contributed by atoms with Crippen LogP contribution in [-0.4, -0.2) is 36.7 Å². The molecule has 140 valence electrons. The van der Waals surface area contributed by atoms with Crippen molar-refractivity contribution in [1.29, 1.82) is 0 Å². The lowest BCUT2D eigenvalue weighted by Gasteiger charge is -2.14. The van der Waals surface area contributed by atoms with Gasteiger partial charge in [0.15, 0.2) is 11.8 Å². The van der Waals surface area contributed by atoms with E-state index >= 15 is 0 Å². The summed E-state index contributed by atoms with van der Waals surface area (Å²) in [6.07, 6.45) is 0. The third-order valence-electron chi connectivity index (χ3n) is 3.95. The quantitative estimate of drug-likeness (QED) is 0.634. The van der Waals surface area contributed by atoms with Crippen LogP contribution < -0.4 is 10.1 Å². The predicted molar refractivity (Wildman–Crippen MR) is 97.8 cm³/mol. The number of carboxylic acid groups (broad SMARTS) is 1. The minimum Gasteiger partial charge on any atom is -0.497 e. The Kier molecular flexibility index (Phi) is 5.73. The molecule has 1 amide bonds. The molecule has 0 unspecified atom stereocenters. The van der Waals surface area contributed by atoms with E-state index in [2.05, 4.69) is 5.32 Å². The fourth-order valence-corrected chi connectivity index (χ4v) is 2.53. The van der Waals surface area contributed by atoms with Gasteiger partial charge in [0, 0.05) is 5.39 Å². The van der Waals surface area contributed by atoms with Crippen molar-refractivity contribution in [2.75, 3.05) is 13.7 Å². The van der Waals surface area contributed by atoms with Crippen LogP contribution in [0.4, 0.5) is 0 Å². The lowest BCUT2D eigenvalue weighted by atomic mass is 10.2. The number of benzene rings is 2. The van der Waals surface area contributed by atoms with Crippen LogP contribution in [0.1, 0.15) is 16.1 Å². The second kappa shape index (κ2) is 8.37. The first kappa shape index (κ1) is 18.5. The number of hydrogen-bond acceptors (Lipinski definition) is 5. The average molecular weight is 369 g/mol. The van der Waals surface area contributed by atoms with Gasteiger partial charge in [-0.25, -0.2) is 4.79 Å². The normalized spacial score (nSPS) is 11.9. The molecule has 0 aliphatic heterocycles. The molecular weight excluding hydrogens is 350 g/mol. The summed E-state index contributed by atoms with van der Waals surface area (Å²) in [5.41, 5.74) is 1.42. The number of methoxy groups -OCH3 is 1. The summed E-state index contributed by atoms with van der Waals surface area (Å²) < 4.78 is 16.0. The molecule has 0 saturated heterocycles. The minimum atomic E-state index is -1.19. The molecule has 3 aromatic rings. The van der Waals surface area contributed by atoms with Crippen molar-refractivity contribution in [3.63, 3.8) is 0 Å². The zero-order valence-corrected chi connectivity index (χ0v) is 14.7. The summed E-state index contributed by atoms with van der Waals surface area (Å²) in [6, 6.07) is 14.8. The first-order valence-corrected chi connectivity index (χ1v) is 8.30. The van der Waals surface area contributed by atoms with E-state index in [4.69, 9.17) is 13.9 Å². The molecular formula is C20H19NO6. The number of fused-ring (bicyclic) bond motifs is 1. The maximum absolute atomic E-state index is 12.4. The molecule has 2 aromatic carbocycles. The van der Waals surface area contributed by atoms with E-state index < -0.39 is 17.9 Å². The standard InChI is InChI=1S/C20H19NO6/c1-25-15-7-8-17-14(9-15)10-18(27-17)19(22)21-16(20(23)24)12-26-11-13-5-3-2-4-6-13/h2-10,16H,11-12H2,1H3,(H,21,22)(H,23,24)/t16-/m0/s1. The van der Waals surface area contributed by atoms with Crippen LogP contribution in [0, 0.1) is 0 Å². The molecule has 1 aromatic heterocycles. The molecule has 7 heteroatoms. The number of nitrogens with one attached hydrogen (secondary N) is 1. The summed E-state index contributed by atoms with van der Waals surface area (Å²) >= 11 is 0. The maximum Gasteiger partial charge on any atom is 0.328 e. The van der Waals surface area contributed by atoms with Gasteiger partial charge in [-0.3, -0.25) is 4.79 Å². The van der Waals surface area contributed by atoms with E-state index in [1.165, 1.54) is 6.07 Å². The number of furan rings is 1. The number of hydrogen-bond donors (Lipinski definition) is 2. The average Bonchev–Trinajstić information content (AvgIpc) is 3.11. The summed E-state index contributed by atoms with van der Waals surface area (Å²) in [5, 5.41) is 12.4. The Bertz CT molecular complexity index is 934. The van der Waals surface area contributed by atoms with Crippen molar-refractivity contribution < 1.29 is 28.6 Å². The Hall–Kier alpha value is -3.32. The highest BCUT2D eigenvalue weighted by Gasteiger charge is 2.23. The second-order valence-electron chi connectivity index (χ2n) is 5.88. The van der Waals surface area contributed by atoms with Crippen LogP contribution in [0.15, 0.2) is 59.0 Å². The van der Waals surface area contributed by atoms with Gasteiger partial charge in [-0.1, -0.05) is 30.3 Å². The van der Waals surface area contributed by atoms with Crippen LogP contribution in [0.25, 0.3) is 11.0 Å². The summed E-state index contributed by atoms with van der Waals surface area (Å²) in [4.78, 5) is 23.8. The van der Waals surface area contributed by atoms with Crippen LogP contribution in [0.2, 0.25) is 0 Å². The van der Waals surface area contributed by atoms with Crippen LogP contribution in [0.3, 0.4) is 0 Å². The Morgan fingerprint density at radius 1 is 1.15 bits per heavy atom. The van der Waals surface area contributed by atoms with Crippen LogP contribution in [0.5, 0.6) is 5.75 Å². The molecule has 0 spiro atoms. The topological polar surface area (TPSA) is 98.0 Å². The van der Waals surface area contributed by atoms with Gasteiger partial charge in [0.05, 0.1) is 20.3 Å². The van der Waals surface area contributed by atoms with E-state index in [-0.39, 0.29) is 19.0 Å². The van der Waals surface area contributed by atoms with E-state index in [0.717, 1.165) is 5.56 Å². The molecule has 0 aliphatic carbocycles. The highest BCUT2D eigenvalue weighted by Crippen LogP contribution is 2.24. The fraction of sp³-hybridized carbons (Fsp3) is 0.200. The van der Waals surface area contributed by atoms with Gasteiger partial charge < -0.3 is 24.3 Å². The summed E-state index contributed by atoms with van der Waals surface area (Å²) in [5.74, 6) is -1.16. The van der Waals surface area contributed by atoms with Crippen LogP contribution in [-0.2, 0) is 16.1 Å². The van der Waals surface area contributed by atoms with Gasteiger partial charge in [0.2, 0.25) is 0 Å². The Morgan fingerprint density at radius 3 is 2.63 bits per heavy atom. The first-order chi connectivity index (χ1) is 13.1. The van der Waals surface area contributed by atoms with Gasteiger partial charge in [0.25, 0.3) is 5.91 Å². The van der Waals surface area contributed by atoms with Crippen molar-refractivity contribution in [1.82, 2.24) is 5.32 Å². The number of amides is 1. The van der Waals surface area contributed by atoms with Crippen molar-refractivity contribution in [2.45, 2.75) is 12.6 Å². The maximum atomic E-state index is 12.4. The molecule has 0 radical (unpaired) electrons. The zero-order chi connectivity index (χ0) is 19.2. The third kappa shape index (κ3) is 4.65. The minimum absolute atomic E-state index is 0.0209. The summed E-state index contributed by atoms with van der Waals surface area (Å²) in [7, 11) is 1.54. The van der Waals surface area contributed by atoms with Crippen molar-refractivity contribution in [3.8, 4) is 5.75 Å². The van der Waals surface area contributed by atoms with E-state index in [0.29, 0.717) is 16.7 Å². The van der Waals surface area contributed by atoms with Gasteiger partial charge in [0.1, 0.15) is 11.3 Å². The SMILES string of the molecule is COc1ccc2oc(C(=O)N[C@@H](COCc3ccccc3)C(=O)O)cc2c1. The van der Waals surface area contributed by atoms with Gasteiger partial charge in [-0.15, -0.1) is 0 Å². The van der Waals surface area contributed by atoms with Crippen molar-refractivity contribution >= 4 is 22.8 Å².